The lowest BCUT2D eigenvalue weighted by Gasteiger charge is -2.22. The number of hydrogen-bond donors (Lipinski definition) is 2. The van der Waals surface area contributed by atoms with E-state index in [4.69, 9.17) is 14.9 Å². The van der Waals surface area contributed by atoms with Crippen molar-refractivity contribution in [3.63, 3.8) is 0 Å². The average molecular weight is 495 g/mol. The molecule has 0 spiro atoms. The Kier molecular flexibility index (Phi) is 15.3. The number of carbonyl (C=O) groups excluding carboxylic acids is 2. The standard InChI is InChI=1S/C28H38N4O4/c29-19-9-3-12-22-32(36-24-26-15-7-2-8-16-26)28(34)18-17-27(33)30-20-10-4-11-21-31-35-23-25-13-5-1-6-14-25/h1-2,5-8,13-16,31H,3-4,9-12,17-18,20-24H2,(H,30,33). The molecule has 0 aliphatic heterocycles. The Hall–Kier alpha value is -3.25. The van der Waals surface area contributed by atoms with E-state index in [2.05, 4.69) is 16.9 Å². The molecule has 0 aliphatic rings. The number of unbranched alkanes of at least 4 members (excludes halogenated alkanes) is 4. The van der Waals surface area contributed by atoms with Gasteiger partial charge in [-0.15, -0.1) is 0 Å². The Morgan fingerprint density at radius 3 is 2.17 bits per heavy atom. The molecule has 0 atom stereocenters. The van der Waals surface area contributed by atoms with Gasteiger partial charge in [-0.25, -0.2) is 10.5 Å². The summed E-state index contributed by atoms with van der Waals surface area (Å²) >= 11 is 0. The number of benzene rings is 2. The van der Waals surface area contributed by atoms with E-state index in [0.717, 1.165) is 36.9 Å². The Labute approximate surface area is 214 Å². The van der Waals surface area contributed by atoms with Gasteiger partial charge < -0.3 is 5.32 Å². The lowest BCUT2D eigenvalue weighted by molar-refractivity contribution is -0.192. The van der Waals surface area contributed by atoms with Crippen molar-refractivity contribution >= 4 is 11.8 Å². The van der Waals surface area contributed by atoms with Crippen molar-refractivity contribution in [2.24, 2.45) is 0 Å². The molecule has 0 bridgehead atoms. The number of rotatable bonds is 19. The predicted molar refractivity (Wildman–Crippen MR) is 138 cm³/mol. The monoisotopic (exact) mass is 494 g/mol. The SMILES string of the molecule is N#CCCCCN(OCc1ccccc1)C(=O)CCC(=O)NCCCCCNOCc1ccccc1. The van der Waals surface area contributed by atoms with Crippen LogP contribution >= 0.6 is 0 Å². The summed E-state index contributed by atoms with van der Waals surface area (Å²) in [5.41, 5.74) is 5.04. The van der Waals surface area contributed by atoms with Crippen LogP contribution in [0.3, 0.4) is 0 Å². The molecule has 0 aliphatic carbocycles. The zero-order valence-electron chi connectivity index (χ0n) is 21.0. The van der Waals surface area contributed by atoms with Crippen molar-refractivity contribution in [2.75, 3.05) is 19.6 Å². The van der Waals surface area contributed by atoms with Gasteiger partial charge in [0.1, 0.15) is 6.61 Å². The fraction of sp³-hybridized carbons (Fsp3) is 0.464. The number of hydrogen-bond acceptors (Lipinski definition) is 6. The van der Waals surface area contributed by atoms with Gasteiger partial charge in [-0.1, -0.05) is 67.1 Å². The maximum atomic E-state index is 12.7. The zero-order chi connectivity index (χ0) is 25.7. The molecule has 8 nitrogen and oxygen atoms in total. The normalized spacial score (nSPS) is 10.5. The van der Waals surface area contributed by atoms with E-state index in [1.165, 1.54) is 5.06 Å². The van der Waals surface area contributed by atoms with Gasteiger partial charge in [0.15, 0.2) is 0 Å². The third-order valence-corrected chi connectivity index (χ3v) is 5.44. The summed E-state index contributed by atoms with van der Waals surface area (Å²) in [6.07, 6.45) is 4.80. The maximum absolute atomic E-state index is 12.7. The van der Waals surface area contributed by atoms with E-state index in [0.29, 0.717) is 39.0 Å². The number of amides is 2. The first-order valence-electron chi connectivity index (χ1n) is 12.7. The van der Waals surface area contributed by atoms with Gasteiger partial charge in [0.25, 0.3) is 0 Å². The van der Waals surface area contributed by atoms with Gasteiger partial charge in [0.2, 0.25) is 11.8 Å². The third kappa shape index (κ3) is 13.6. The number of nitrogens with zero attached hydrogens (tertiary/aromatic N) is 2. The van der Waals surface area contributed by atoms with Gasteiger partial charge in [0.05, 0.1) is 12.7 Å². The summed E-state index contributed by atoms with van der Waals surface area (Å²) in [6, 6.07) is 21.7. The van der Waals surface area contributed by atoms with Crippen LogP contribution in [0.1, 0.15) is 62.5 Å². The number of nitriles is 1. The maximum Gasteiger partial charge on any atom is 0.246 e. The lowest BCUT2D eigenvalue weighted by Crippen LogP contribution is -2.33. The van der Waals surface area contributed by atoms with Gasteiger partial charge >= 0.3 is 0 Å². The molecule has 0 aromatic heterocycles. The topological polar surface area (TPSA) is 104 Å². The first kappa shape index (κ1) is 29.0. The number of nitrogens with one attached hydrogen (secondary N) is 2. The number of hydroxylamine groups is 3. The molecule has 0 saturated heterocycles. The van der Waals surface area contributed by atoms with E-state index in [1.54, 1.807) is 0 Å². The second kappa shape index (κ2) is 19.0. The molecule has 194 valence electrons. The van der Waals surface area contributed by atoms with Crippen molar-refractivity contribution in [1.82, 2.24) is 15.9 Å². The molecule has 0 heterocycles. The van der Waals surface area contributed by atoms with Crippen molar-refractivity contribution < 1.29 is 19.3 Å². The van der Waals surface area contributed by atoms with Crippen LogP contribution in [-0.4, -0.2) is 36.5 Å². The van der Waals surface area contributed by atoms with E-state index in [9.17, 15) is 9.59 Å². The van der Waals surface area contributed by atoms with Crippen molar-refractivity contribution in [3.8, 4) is 6.07 Å². The Bertz CT molecular complexity index is 903. The fourth-order valence-corrected chi connectivity index (χ4v) is 3.39. The molecule has 2 aromatic rings. The van der Waals surface area contributed by atoms with Crippen LogP contribution in [0.4, 0.5) is 0 Å². The molecule has 2 N–H and O–H groups in total. The van der Waals surface area contributed by atoms with Crippen LogP contribution < -0.4 is 10.8 Å². The Morgan fingerprint density at radius 2 is 1.47 bits per heavy atom. The molecular weight excluding hydrogens is 456 g/mol. The summed E-state index contributed by atoms with van der Waals surface area (Å²) in [5, 5.41) is 12.9. The first-order chi connectivity index (χ1) is 17.7. The van der Waals surface area contributed by atoms with Gasteiger partial charge in [-0.05, 0) is 36.8 Å². The quantitative estimate of drug-likeness (QED) is 0.221. The van der Waals surface area contributed by atoms with Crippen LogP contribution in [0.5, 0.6) is 0 Å². The zero-order valence-corrected chi connectivity index (χ0v) is 21.0. The van der Waals surface area contributed by atoms with Gasteiger partial charge in [-0.3, -0.25) is 19.3 Å². The first-order valence-corrected chi connectivity index (χ1v) is 12.7. The summed E-state index contributed by atoms with van der Waals surface area (Å²) in [4.78, 5) is 36.0. The number of carbonyl (C=O) groups is 2. The minimum absolute atomic E-state index is 0.0849. The predicted octanol–water partition coefficient (Wildman–Crippen LogP) is 4.43. The second-order valence-electron chi connectivity index (χ2n) is 8.45. The van der Waals surface area contributed by atoms with Crippen LogP contribution in [0.2, 0.25) is 0 Å². The minimum Gasteiger partial charge on any atom is -0.356 e. The van der Waals surface area contributed by atoms with Crippen molar-refractivity contribution in [1.29, 1.82) is 5.26 Å². The molecular formula is C28H38N4O4. The Balaban J connectivity index is 1.55. The summed E-state index contributed by atoms with van der Waals surface area (Å²) in [5.74, 6) is -0.361. The highest BCUT2D eigenvalue weighted by Crippen LogP contribution is 2.08. The Morgan fingerprint density at radius 1 is 0.806 bits per heavy atom. The minimum atomic E-state index is -0.223. The average Bonchev–Trinajstić information content (AvgIpc) is 2.91. The largest absolute Gasteiger partial charge is 0.356 e. The van der Waals surface area contributed by atoms with E-state index >= 15 is 0 Å². The van der Waals surface area contributed by atoms with Gasteiger partial charge in [-0.2, -0.15) is 5.26 Å². The molecule has 2 aromatic carbocycles. The fourth-order valence-electron chi connectivity index (χ4n) is 3.39. The molecule has 8 heteroatoms. The smallest absolute Gasteiger partial charge is 0.246 e. The van der Waals surface area contributed by atoms with E-state index < -0.39 is 0 Å². The van der Waals surface area contributed by atoms with E-state index in [1.807, 2.05) is 60.7 Å². The van der Waals surface area contributed by atoms with Gasteiger partial charge in [0, 0.05) is 38.9 Å². The highest BCUT2D eigenvalue weighted by Gasteiger charge is 2.16. The lowest BCUT2D eigenvalue weighted by atomic mass is 10.2. The molecule has 0 saturated carbocycles. The van der Waals surface area contributed by atoms with E-state index in [-0.39, 0.29) is 31.3 Å². The summed E-state index contributed by atoms with van der Waals surface area (Å²) in [6.45, 7) is 2.55. The third-order valence-electron chi connectivity index (χ3n) is 5.44. The highest BCUT2D eigenvalue weighted by molar-refractivity contribution is 5.83. The summed E-state index contributed by atoms with van der Waals surface area (Å²) in [7, 11) is 0. The van der Waals surface area contributed by atoms with Crippen molar-refractivity contribution in [2.45, 2.75) is 64.6 Å². The molecule has 0 fully saturated rings. The van der Waals surface area contributed by atoms with Crippen LogP contribution in [-0.2, 0) is 32.5 Å². The molecule has 0 radical (unpaired) electrons. The molecule has 36 heavy (non-hydrogen) atoms. The van der Waals surface area contributed by atoms with Crippen molar-refractivity contribution in [3.05, 3.63) is 71.8 Å². The molecule has 0 unspecified atom stereocenters. The molecule has 2 rings (SSSR count). The second-order valence-corrected chi connectivity index (χ2v) is 8.45. The summed E-state index contributed by atoms with van der Waals surface area (Å²) < 4.78 is 0. The van der Waals surface area contributed by atoms with Crippen LogP contribution in [0.15, 0.2) is 60.7 Å². The molecule has 2 amide bonds. The highest BCUT2D eigenvalue weighted by atomic mass is 16.7. The van der Waals surface area contributed by atoms with Crippen LogP contribution in [0, 0.1) is 11.3 Å². The van der Waals surface area contributed by atoms with Crippen LogP contribution in [0.25, 0.3) is 0 Å².